The molecule has 1 saturated carbocycles. The number of hydrogen-bond donors (Lipinski definition) is 1. The average Bonchev–Trinajstić information content (AvgIpc) is 2.85. The zero-order chi connectivity index (χ0) is 11.9. The minimum Gasteiger partial charge on any atom is -0.478 e. The molecular weight excluding hydrogens is 212 g/mol. The van der Waals surface area contributed by atoms with Gasteiger partial charge in [-0.05, 0) is 19.8 Å². The van der Waals surface area contributed by atoms with E-state index < -0.39 is 5.97 Å². The molecule has 1 N–H and O–H groups in total. The van der Waals surface area contributed by atoms with Crippen LogP contribution < -0.4 is 0 Å². The standard InChI is InChI=1S/C7H8O3.C4H6O2/c8-7-6-3-1-2-4(9-6)5(3)10-7;1-3(2)4(5)6/h3-6H,1-2H2;1H2,2H3,(H,5,6). The zero-order valence-electron chi connectivity index (χ0n) is 9.01. The van der Waals surface area contributed by atoms with Gasteiger partial charge in [-0.15, -0.1) is 0 Å². The minimum absolute atomic E-state index is 0.123. The summed E-state index contributed by atoms with van der Waals surface area (Å²) < 4.78 is 10.5. The third kappa shape index (κ3) is 1.71. The second-order valence-electron chi connectivity index (χ2n) is 4.32. The Morgan fingerprint density at radius 1 is 1.50 bits per heavy atom. The summed E-state index contributed by atoms with van der Waals surface area (Å²) in [6.07, 6.45) is 2.37. The lowest BCUT2D eigenvalue weighted by atomic mass is 10.0. The van der Waals surface area contributed by atoms with Crippen LogP contribution >= 0.6 is 0 Å². The summed E-state index contributed by atoms with van der Waals surface area (Å²) in [7, 11) is 0. The first-order chi connectivity index (χ1) is 7.50. The lowest BCUT2D eigenvalue weighted by Gasteiger charge is -2.20. The van der Waals surface area contributed by atoms with Crippen molar-refractivity contribution in [3.63, 3.8) is 0 Å². The van der Waals surface area contributed by atoms with Crippen LogP contribution in [0.15, 0.2) is 12.2 Å². The van der Waals surface area contributed by atoms with E-state index in [1.54, 1.807) is 0 Å². The van der Waals surface area contributed by atoms with E-state index in [2.05, 4.69) is 6.58 Å². The van der Waals surface area contributed by atoms with Gasteiger partial charge in [0.2, 0.25) is 0 Å². The van der Waals surface area contributed by atoms with Gasteiger partial charge >= 0.3 is 11.9 Å². The van der Waals surface area contributed by atoms with Gasteiger partial charge in [0, 0.05) is 11.5 Å². The summed E-state index contributed by atoms with van der Waals surface area (Å²) in [5.41, 5.74) is 0.176. The maximum absolute atomic E-state index is 10.9. The van der Waals surface area contributed by atoms with Crippen molar-refractivity contribution in [3.05, 3.63) is 12.2 Å². The van der Waals surface area contributed by atoms with Crippen LogP contribution in [-0.2, 0) is 19.1 Å². The fourth-order valence-corrected chi connectivity index (χ4v) is 2.31. The van der Waals surface area contributed by atoms with Crippen LogP contribution in [0.4, 0.5) is 0 Å². The van der Waals surface area contributed by atoms with Gasteiger partial charge in [0.05, 0.1) is 6.10 Å². The van der Waals surface area contributed by atoms with Crippen LogP contribution in [0.5, 0.6) is 0 Å². The van der Waals surface area contributed by atoms with E-state index in [1.165, 1.54) is 6.92 Å². The van der Waals surface area contributed by atoms with Gasteiger partial charge in [0.15, 0.2) is 6.10 Å². The lowest BCUT2D eigenvalue weighted by Crippen LogP contribution is -2.32. The third-order valence-electron chi connectivity index (χ3n) is 3.13. The third-order valence-corrected chi connectivity index (χ3v) is 3.13. The molecule has 1 aliphatic carbocycles. The molecule has 88 valence electrons. The van der Waals surface area contributed by atoms with Crippen molar-refractivity contribution in [1.29, 1.82) is 0 Å². The van der Waals surface area contributed by atoms with E-state index in [0.717, 1.165) is 12.8 Å². The summed E-state index contributed by atoms with van der Waals surface area (Å²) in [5.74, 6) is -0.668. The Bertz CT molecular complexity index is 336. The number of carboxylic acids is 1. The van der Waals surface area contributed by atoms with E-state index in [1.807, 2.05) is 0 Å². The van der Waals surface area contributed by atoms with Crippen molar-refractivity contribution >= 4 is 11.9 Å². The lowest BCUT2D eigenvalue weighted by molar-refractivity contribution is -0.170. The fourth-order valence-electron chi connectivity index (χ4n) is 2.31. The highest BCUT2D eigenvalue weighted by molar-refractivity contribution is 5.84. The summed E-state index contributed by atoms with van der Waals surface area (Å²) in [5, 5.41) is 7.89. The number of ether oxygens (including phenoxy) is 2. The summed E-state index contributed by atoms with van der Waals surface area (Å²) in [6, 6.07) is 0. The van der Waals surface area contributed by atoms with Gasteiger partial charge in [-0.2, -0.15) is 0 Å². The van der Waals surface area contributed by atoms with Crippen molar-refractivity contribution < 1.29 is 24.2 Å². The molecular formula is C11H14O5. The fraction of sp³-hybridized carbons (Fsp3) is 0.636. The Morgan fingerprint density at radius 2 is 2.12 bits per heavy atom. The van der Waals surface area contributed by atoms with Gasteiger partial charge in [-0.3, -0.25) is 0 Å². The van der Waals surface area contributed by atoms with E-state index in [9.17, 15) is 9.59 Å². The highest BCUT2D eigenvalue weighted by Gasteiger charge is 2.60. The summed E-state index contributed by atoms with van der Waals surface area (Å²) in [6.45, 7) is 4.60. The molecule has 4 atom stereocenters. The Balaban J connectivity index is 0.000000142. The molecule has 4 unspecified atom stereocenters. The van der Waals surface area contributed by atoms with Gasteiger partial charge in [0.25, 0.3) is 0 Å². The van der Waals surface area contributed by atoms with Crippen LogP contribution in [0.2, 0.25) is 0 Å². The highest BCUT2D eigenvalue weighted by atomic mass is 16.6. The maximum Gasteiger partial charge on any atom is 0.336 e. The molecule has 2 saturated heterocycles. The average molecular weight is 226 g/mol. The molecule has 0 aromatic carbocycles. The number of carbonyl (C=O) groups excluding carboxylic acids is 1. The van der Waals surface area contributed by atoms with Gasteiger partial charge in [0.1, 0.15) is 6.10 Å². The quantitative estimate of drug-likeness (QED) is 0.527. The van der Waals surface area contributed by atoms with Crippen LogP contribution in [0, 0.1) is 5.92 Å². The Hall–Kier alpha value is -1.36. The zero-order valence-corrected chi connectivity index (χ0v) is 9.01. The number of hydrogen-bond acceptors (Lipinski definition) is 4. The molecule has 3 fully saturated rings. The van der Waals surface area contributed by atoms with Crippen molar-refractivity contribution in [2.45, 2.75) is 38.1 Å². The smallest absolute Gasteiger partial charge is 0.336 e. The number of carbonyl (C=O) groups is 2. The molecule has 0 amide bonds. The molecule has 2 aliphatic heterocycles. The van der Waals surface area contributed by atoms with E-state index >= 15 is 0 Å². The van der Waals surface area contributed by atoms with Crippen molar-refractivity contribution in [3.8, 4) is 0 Å². The molecule has 0 aromatic heterocycles. The molecule has 5 nitrogen and oxygen atoms in total. The molecule has 3 rings (SSSR count). The van der Waals surface area contributed by atoms with Crippen LogP contribution in [0.3, 0.4) is 0 Å². The molecule has 0 aromatic rings. The Labute approximate surface area is 93.0 Å². The number of rotatable bonds is 1. The van der Waals surface area contributed by atoms with E-state index in [-0.39, 0.29) is 29.9 Å². The summed E-state index contributed by atoms with van der Waals surface area (Å²) >= 11 is 0. The van der Waals surface area contributed by atoms with Crippen molar-refractivity contribution in [2.24, 2.45) is 5.92 Å². The van der Waals surface area contributed by atoms with Gasteiger partial charge in [-0.1, -0.05) is 6.58 Å². The maximum atomic E-state index is 10.9. The molecule has 0 radical (unpaired) electrons. The van der Waals surface area contributed by atoms with Crippen molar-refractivity contribution in [1.82, 2.24) is 0 Å². The predicted molar refractivity (Wildman–Crippen MR) is 53.7 cm³/mol. The monoisotopic (exact) mass is 226 g/mol. The Morgan fingerprint density at radius 3 is 2.50 bits per heavy atom. The molecule has 5 heteroatoms. The second kappa shape index (κ2) is 3.90. The minimum atomic E-state index is -0.935. The second-order valence-corrected chi connectivity index (χ2v) is 4.32. The number of aliphatic carboxylic acids is 1. The Kier molecular flexibility index (Phi) is 2.71. The summed E-state index contributed by atoms with van der Waals surface area (Å²) in [4.78, 5) is 20.5. The first-order valence-electron chi connectivity index (χ1n) is 5.25. The molecule has 2 heterocycles. The largest absolute Gasteiger partial charge is 0.478 e. The SMILES string of the molecule is C=C(C)C(=O)O.O=C1OC2C3CCC2C1O3. The number of esters is 1. The molecule has 0 spiro atoms. The van der Waals surface area contributed by atoms with Gasteiger partial charge < -0.3 is 14.6 Å². The molecule has 16 heavy (non-hydrogen) atoms. The van der Waals surface area contributed by atoms with E-state index in [0.29, 0.717) is 5.92 Å². The van der Waals surface area contributed by atoms with Crippen molar-refractivity contribution in [2.75, 3.05) is 0 Å². The van der Waals surface area contributed by atoms with Crippen LogP contribution in [-0.4, -0.2) is 35.4 Å². The predicted octanol–water partition coefficient (Wildman–Crippen LogP) is 0.736. The highest BCUT2D eigenvalue weighted by Crippen LogP contribution is 2.47. The molecule has 4 bridgehead atoms. The van der Waals surface area contributed by atoms with Gasteiger partial charge in [-0.25, -0.2) is 9.59 Å². The topological polar surface area (TPSA) is 72.8 Å². The molecule has 3 aliphatic rings. The first-order valence-corrected chi connectivity index (χ1v) is 5.25. The normalized spacial score (nSPS) is 37.7. The van der Waals surface area contributed by atoms with Crippen LogP contribution in [0.25, 0.3) is 0 Å². The van der Waals surface area contributed by atoms with Crippen LogP contribution in [0.1, 0.15) is 19.8 Å². The first kappa shape index (κ1) is 11.1. The van der Waals surface area contributed by atoms with E-state index in [4.69, 9.17) is 14.6 Å². The number of carboxylic acid groups (broad SMARTS) is 1.